The molecule has 3 heterocycles. The minimum Gasteiger partial charge on any atom is -0.443 e. The van der Waals surface area contributed by atoms with Gasteiger partial charge >= 0.3 is 6.09 Å². The summed E-state index contributed by atoms with van der Waals surface area (Å²) in [6.07, 6.45) is 10.7. The fourth-order valence-electron chi connectivity index (χ4n) is 3.79. The molecule has 0 spiro atoms. The van der Waals surface area contributed by atoms with Gasteiger partial charge in [-0.25, -0.2) is 9.80 Å². The van der Waals surface area contributed by atoms with Crippen molar-refractivity contribution in [3.63, 3.8) is 0 Å². The Morgan fingerprint density at radius 1 is 1.13 bits per heavy atom. The molecule has 2 aliphatic heterocycles. The fourth-order valence-corrected chi connectivity index (χ4v) is 4.00. The first kappa shape index (κ1) is 21.6. The number of halogens is 1. The topological polar surface area (TPSA) is 60.9 Å². The summed E-state index contributed by atoms with van der Waals surface area (Å²) in [5.41, 5.74) is 4.00. The maximum Gasteiger partial charge on any atom is 0.415 e. The van der Waals surface area contributed by atoms with Crippen LogP contribution < -0.4 is 5.43 Å². The van der Waals surface area contributed by atoms with E-state index in [0.717, 1.165) is 42.6 Å². The van der Waals surface area contributed by atoms with Crippen molar-refractivity contribution in [2.24, 2.45) is 0 Å². The Bertz CT molecular complexity index is 1010. The van der Waals surface area contributed by atoms with Crippen LogP contribution in [0.5, 0.6) is 0 Å². The van der Waals surface area contributed by atoms with Crippen LogP contribution in [0.4, 0.5) is 10.5 Å². The molecule has 4 rings (SSSR count). The molecule has 1 unspecified atom stereocenters. The second-order valence-corrected chi connectivity index (χ2v) is 9.09. The van der Waals surface area contributed by atoms with Crippen molar-refractivity contribution in [1.82, 2.24) is 19.8 Å². The number of nitrogens with one attached hydrogen (secondary N) is 1. The standard InChI is InChI=1S/C23H28ClN5O2/c1-23(2,3)31-22(30)29-11-5-4-6-21(29)27-12-14-28(15-13-27)26-20-8-7-19(24)18-16-25-10-9-17(18)20/h4-11,16,21,26H,12-15H2,1-3H3. The summed E-state index contributed by atoms with van der Waals surface area (Å²) in [6, 6.07) is 5.86. The SMILES string of the molecule is CC(C)(C)OC(=O)N1C=CC=CC1N1CCN(Nc2ccc(Cl)c3cnccc23)CC1. The van der Waals surface area contributed by atoms with E-state index in [9.17, 15) is 4.79 Å². The summed E-state index contributed by atoms with van der Waals surface area (Å²) in [5, 5.41) is 4.86. The predicted molar refractivity (Wildman–Crippen MR) is 124 cm³/mol. The van der Waals surface area contributed by atoms with Crippen molar-refractivity contribution >= 4 is 34.2 Å². The van der Waals surface area contributed by atoms with Gasteiger partial charge in [0, 0.05) is 55.5 Å². The molecule has 0 aliphatic carbocycles. The molecule has 0 bridgehead atoms. The zero-order valence-electron chi connectivity index (χ0n) is 18.1. The van der Waals surface area contributed by atoms with Crippen LogP contribution in [0, 0.1) is 0 Å². The summed E-state index contributed by atoms with van der Waals surface area (Å²) < 4.78 is 5.59. The largest absolute Gasteiger partial charge is 0.443 e. The van der Waals surface area contributed by atoms with Gasteiger partial charge in [0.2, 0.25) is 0 Å². The van der Waals surface area contributed by atoms with Gasteiger partial charge in [0.05, 0.1) is 10.7 Å². The Balaban J connectivity index is 1.41. The third-order valence-electron chi connectivity index (χ3n) is 5.26. The molecule has 1 saturated heterocycles. The lowest BCUT2D eigenvalue weighted by Gasteiger charge is -2.42. The number of nitrogens with zero attached hydrogens (tertiary/aromatic N) is 4. The van der Waals surface area contributed by atoms with Gasteiger partial charge in [-0.1, -0.05) is 17.7 Å². The molecule has 0 radical (unpaired) electrons. The van der Waals surface area contributed by atoms with Crippen LogP contribution in [-0.2, 0) is 4.74 Å². The van der Waals surface area contributed by atoms with Crippen molar-refractivity contribution in [2.75, 3.05) is 31.6 Å². The number of amides is 1. The van der Waals surface area contributed by atoms with Gasteiger partial charge in [-0.2, -0.15) is 0 Å². The first-order chi connectivity index (χ1) is 14.8. The Labute approximate surface area is 187 Å². The Hall–Kier alpha value is -2.61. The number of anilines is 1. The summed E-state index contributed by atoms with van der Waals surface area (Å²) in [6.45, 7) is 8.88. The molecule has 1 amide bonds. The zero-order chi connectivity index (χ0) is 22.0. The number of ether oxygens (including phenoxy) is 1. The highest BCUT2D eigenvalue weighted by Gasteiger charge is 2.32. The average molecular weight is 442 g/mol. The van der Waals surface area contributed by atoms with Crippen LogP contribution in [-0.4, -0.2) is 63.8 Å². The number of aromatic nitrogens is 1. The average Bonchev–Trinajstić information content (AvgIpc) is 2.75. The first-order valence-electron chi connectivity index (χ1n) is 10.5. The Morgan fingerprint density at radius 2 is 1.90 bits per heavy atom. The fraction of sp³-hybridized carbons (Fsp3) is 0.391. The minimum atomic E-state index is -0.532. The van der Waals surface area contributed by atoms with Crippen molar-refractivity contribution in [1.29, 1.82) is 0 Å². The van der Waals surface area contributed by atoms with Crippen LogP contribution >= 0.6 is 11.6 Å². The molecule has 1 fully saturated rings. The number of fused-ring (bicyclic) bond motifs is 1. The maximum absolute atomic E-state index is 12.7. The summed E-state index contributed by atoms with van der Waals surface area (Å²) in [4.78, 5) is 20.8. The molecule has 31 heavy (non-hydrogen) atoms. The Kier molecular flexibility index (Phi) is 6.18. The highest BCUT2D eigenvalue weighted by atomic mass is 35.5. The van der Waals surface area contributed by atoms with E-state index in [0.29, 0.717) is 5.02 Å². The Morgan fingerprint density at radius 3 is 2.65 bits per heavy atom. The molecule has 0 saturated carbocycles. The van der Waals surface area contributed by atoms with Gasteiger partial charge in [0.1, 0.15) is 11.8 Å². The van der Waals surface area contributed by atoms with Gasteiger partial charge in [0.15, 0.2) is 0 Å². The molecular weight excluding hydrogens is 414 g/mol. The second kappa shape index (κ2) is 8.86. The van der Waals surface area contributed by atoms with E-state index in [4.69, 9.17) is 16.3 Å². The van der Waals surface area contributed by atoms with Crippen LogP contribution in [0.25, 0.3) is 10.8 Å². The monoisotopic (exact) mass is 441 g/mol. The lowest BCUT2D eigenvalue weighted by molar-refractivity contribution is 0.00516. The number of piperazine rings is 1. The first-order valence-corrected chi connectivity index (χ1v) is 10.8. The molecule has 1 atom stereocenters. The number of pyridine rings is 1. The highest BCUT2D eigenvalue weighted by Crippen LogP contribution is 2.29. The number of benzene rings is 1. The predicted octanol–water partition coefficient (Wildman–Crippen LogP) is 4.48. The van der Waals surface area contributed by atoms with Gasteiger partial charge in [-0.3, -0.25) is 14.8 Å². The molecule has 7 nitrogen and oxygen atoms in total. The smallest absolute Gasteiger partial charge is 0.415 e. The summed E-state index contributed by atoms with van der Waals surface area (Å²) >= 11 is 6.31. The van der Waals surface area contributed by atoms with Crippen molar-refractivity contribution < 1.29 is 9.53 Å². The van der Waals surface area contributed by atoms with E-state index >= 15 is 0 Å². The molecule has 2 aromatic rings. The van der Waals surface area contributed by atoms with Gasteiger partial charge in [-0.05, 0) is 51.1 Å². The molecule has 2 aliphatic rings. The number of carbonyl (C=O) groups excluding carboxylic acids is 1. The molecule has 1 N–H and O–H groups in total. The van der Waals surface area contributed by atoms with E-state index < -0.39 is 5.60 Å². The molecule has 164 valence electrons. The van der Waals surface area contributed by atoms with Gasteiger partial charge < -0.3 is 10.2 Å². The number of hydrogen-bond donors (Lipinski definition) is 1. The summed E-state index contributed by atoms with van der Waals surface area (Å²) in [7, 11) is 0. The van der Waals surface area contributed by atoms with Crippen LogP contribution in [0.3, 0.4) is 0 Å². The minimum absolute atomic E-state index is 0.149. The maximum atomic E-state index is 12.7. The molecule has 8 heteroatoms. The lowest BCUT2D eigenvalue weighted by Crippen LogP contribution is -2.57. The van der Waals surface area contributed by atoms with Crippen LogP contribution in [0.1, 0.15) is 20.8 Å². The highest BCUT2D eigenvalue weighted by molar-refractivity contribution is 6.36. The van der Waals surface area contributed by atoms with E-state index in [1.165, 1.54) is 0 Å². The van der Waals surface area contributed by atoms with Crippen molar-refractivity contribution in [3.05, 3.63) is 60.0 Å². The molecule has 1 aromatic carbocycles. The van der Waals surface area contributed by atoms with E-state index in [1.54, 1.807) is 23.5 Å². The van der Waals surface area contributed by atoms with Crippen molar-refractivity contribution in [3.8, 4) is 0 Å². The number of hydrazine groups is 1. The third kappa shape index (κ3) is 5.01. The van der Waals surface area contributed by atoms with Gasteiger partial charge in [0.25, 0.3) is 0 Å². The number of allylic oxidation sites excluding steroid dienone is 2. The number of rotatable bonds is 3. The summed E-state index contributed by atoms with van der Waals surface area (Å²) in [5.74, 6) is 0. The van der Waals surface area contributed by atoms with Crippen molar-refractivity contribution in [2.45, 2.75) is 32.5 Å². The van der Waals surface area contributed by atoms with Crippen LogP contribution in [0.15, 0.2) is 55.0 Å². The number of hydrogen-bond acceptors (Lipinski definition) is 6. The lowest BCUT2D eigenvalue weighted by atomic mass is 10.1. The van der Waals surface area contributed by atoms with E-state index in [1.807, 2.05) is 57.2 Å². The normalized spacial score (nSPS) is 20.3. The number of carbonyl (C=O) groups is 1. The van der Waals surface area contributed by atoms with E-state index in [2.05, 4.69) is 20.3 Å². The molecular formula is C23H28ClN5O2. The second-order valence-electron chi connectivity index (χ2n) is 8.68. The van der Waals surface area contributed by atoms with E-state index in [-0.39, 0.29) is 12.3 Å². The molecule has 1 aromatic heterocycles. The van der Waals surface area contributed by atoms with Gasteiger partial charge in [-0.15, -0.1) is 0 Å². The van der Waals surface area contributed by atoms with Crippen LogP contribution in [0.2, 0.25) is 5.02 Å². The zero-order valence-corrected chi connectivity index (χ0v) is 18.8. The third-order valence-corrected chi connectivity index (χ3v) is 5.59. The quantitative estimate of drug-likeness (QED) is 0.757.